The highest BCUT2D eigenvalue weighted by molar-refractivity contribution is 6.17. The minimum Gasteiger partial charge on any atom is -0.497 e. The van der Waals surface area contributed by atoms with Gasteiger partial charge in [-0.15, -0.1) is 11.6 Å². The van der Waals surface area contributed by atoms with Gasteiger partial charge in [-0.1, -0.05) is 6.07 Å². The van der Waals surface area contributed by atoms with Gasteiger partial charge in [-0.3, -0.25) is 0 Å². The number of nitrogens with zero attached hydrogens (tertiary/aromatic N) is 1. The maximum atomic E-state index is 5.68. The predicted octanol–water partition coefficient (Wildman–Crippen LogP) is 3.62. The molecule has 0 unspecified atom stereocenters. The van der Waals surface area contributed by atoms with Gasteiger partial charge < -0.3 is 9.47 Å². The van der Waals surface area contributed by atoms with Crippen LogP contribution in [0.15, 0.2) is 42.6 Å². The van der Waals surface area contributed by atoms with Crippen molar-refractivity contribution in [1.82, 2.24) is 4.98 Å². The summed E-state index contributed by atoms with van der Waals surface area (Å²) in [6.07, 6.45) is 1.70. The summed E-state index contributed by atoms with van der Waals surface area (Å²) in [4.78, 5) is 4.15. The topological polar surface area (TPSA) is 31.4 Å². The molecule has 0 saturated carbocycles. The summed E-state index contributed by atoms with van der Waals surface area (Å²) in [5.41, 5.74) is 0.966. The van der Waals surface area contributed by atoms with Crippen molar-refractivity contribution in [2.24, 2.45) is 0 Å². The highest BCUT2D eigenvalue weighted by Crippen LogP contribution is 2.22. The smallest absolute Gasteiger partial charge is 0.219 e. The molecular formula is C13H12ClNO2. The van der Waals surface area contributed by atoms with Gasteiger partial charge in [-0.25, -0.2) is 4.98 Å². The number of benzene rings is 1. The number of hydrogen-bond donors (Lipinski definition) is 0. The molecule has 0 amide bonds. The monoisotopic (exact) mass is 249 g/mol. The average molecular weight is 250 g/mol. The minimum atomic E-state index is 0.454. The van der Waals surface area contributed by atoms with Crippen molar-refractivity contribution < 1.29 is 9.47 Å². The van der Waals surface area contributed by atoms with Crippen LogP contribution in [0.4, 0.5) is 0 Å². The molecule has 3 nitrogen and oxygen atoms in total. The fourth-order valence-electron chi connectivity index (χ4n) is 1.31. The molecule has 0 aliphatic carbocycles. The molecule has 0 atom stereocenters. The number of aromatic nitrogens is 1. The molecule has 88 valence electrons. The van der Waals surface area contributed by atoms with Crippen molar-refractivity contribution in [1.29, 1.82) is 0 Å². The van der Waals surface area contributed by atoms with Gasteiger partial charge in [0.15, 0.2) is 0 Å². The zero-order chi connectivity index (χ0) is 12.1. The van der Waals surface area contributed by atoms with E-state index < -0.39 is 0 Å². The maximum Gasteiger partial charge on any atom is 0.219 e. The molecule has 1 heterocycles. The third-order valence-corrected chi connectivity index (χ3v) is 2.54. The van der Waals surface area contributed by atoms with Gasteiger partial charge in [-0.05, 0) is 29.8 Å². The Morgan fingerprint density at radius 3 is 2.29 bits per heavy atom. The normalized spacial score (nSPS) is 10.0. The van der Waals surface area contributed by atoms with Crippen LogP contribution >= 0.6 is 11.6 Å². The van der Waals surface area contributed by atoms with Crippen LogP contribution in [-0.4, -0.2) is 12.1 Å². The van der Waals surface area contributed by atoms with E-state index in [2.05, 4.69) is 4.98 Å². The summed E-state index contributed by atoms with van der Waals surface area (Å²) < 4.78 is 10.6. The van der Waals surface area contributed by atoms with E-state index in [0.29, 0.717) is 11.8 Å². The van der Waals surface area contributed by atoms with Crippen molar-refractivity contribution >= 4 is 11.6 Å². The number of halogens is 1. The molecule has 1 aromatic heterocycles. The molecule has 0 fully saturated rings. The molecule has 17 heavy (non-hydrogen) atoms. The lowest BCUT2D eigenvalue weighted by molar-refractivity contribution is 0.412. The summed E-state index contributed by atoms with van der Waals surface area (Å²) in [6.45, 7) is 0. The lowest BCUT2D eigenvalue weighted by Crippen LogP contribution is -1.89. The van der Waals surface area contributed by atoms with Crippen LogP contribution in [0.5, 0.6) is 17.4 Å². The zero-order valence-electron chi connectivity index (χ0n) is 9.39. The molecule has 0 spiro atoms. The Labute approximate surface area is 105 Å². The largest absolute Gasteiger partial charge is 0.497 e. The van der Waals surface area contributed by atoms with E-state index in [9.17, 15) is 0 Å². The summed E-state index contributed by atoms with van der Waals surface area (Å²) in [6, 6.07) is 11.0. The molecule has 0 radical (unpaired) electrons. The first-order valence-corrected chi connectivity index (χ1v) is 5.68. The van der Waals surface area contributed by atoms with E-state index >= 15 is 0 Å². The Morgan fingerprint density at radius 2 is 1.76 bits per heavy atom. The molecule has 2 aromatic rings. The van der Waals surface area contributed by atoms with Crippen molar-refractivity contribution in [2.75, 3.05) is 7.11 Å². The second-order valence-corrected chi connectivity index (χ2v) is 3.68. The third-order valence-electron chi connectivity index (χ3n) is 2.23. The Balaban J connectivity index is 2.08. The van der Waals surface area contributed by atoms with Crippen LogP contribution in [0.25, 0.3) is 0 Å². The molecule has 4 heteroatoms. The third kappa shape index (κ3) is 3.11. The van der Waals surface area contributed by atoms with Gasteiger partial charge in [0.25, 0.3) is 0 Å². The Kier molecular flexibility index (Phi) is 3.83. The number of methoxy groups -OCH3 is 1. The fourth-order valence-corrected chi connectivity index (χ4v) is 1.47. The number of ether oxygens (including phenoxy) is 2. The second-order valence-electron chi connectivity index (χ2n) is 3.42. The Bertz CT molecular complexity index is 422. The van der Waals surface area contributed by atoms with Crippen molar-refractivity contribution in [3.63, 3.8) is 0 Å². The van der Waals surface area contributed by atoms with Gasteiger partial charge in [0, 0.05) is 18.1 Å². The van der Waals surface area contributed by atoms with Gasteiger partial charge in [-0.2, -0.15) is 0 Å². The summed E-state index contributed by atoms with van der Waals surface area (Å²) >= 11 is 5.68. The molecular weight excluding hydrogens is 238 g/mol. The summed E-state index contributed by atoms with van der Waals surface area (Å²) in [7, 11) is 1.63. The van der Waals surface area contributed by atoms with Gasteiger partial charge >= 0.3 is 0 Å². The average Bonchev–Trinajstić information content (AvgIpc) is 2.40. The number of alkyl halides is 1. The molecule has 2 rings (SSSR count). The summed E-state index contributed by atoms with van der Waals surface area (Å²) in [5, 5.41) is 0. The van der Waals surface area contributed by atoms with E-state index in [1.165, 1.54) is 0 Å². The van der Waals surface area contributed by atoms with E-state index in [-0.39, 0.29) is 0 Å². The van der Waals surface area contributed by atoms with Crippen LogP contribution in [0, 0.1) is 0 Å². The zero-order valence-corrected chi connectivity index (χ0v) is 10.1. The number of rotatable bonds is 4. The predicted molar refractivity (Wildman–Crippen MR) is 66.9 cm³/mol. The SMILES string of the molecule is COc1ccc(Oc2ccc(CCl)cn2)cc1. The number of hydrogen-bond acceptors (Lipinski definition) is 3. The van der Waals surface area contributed by atoms with Crippen molar-refractivity contribution in [3.8, 4) is 17.4 Å². The Morgan fingerprint density at radius 1 is 1.06 bits per heavy atom. The summed E-state index contributed by atoms with van der Waals surface area (Å²) in [5.74, 6) is 2.51. The highest BCUT2D eigenvalue weighted by Gasteiger charge is 1.99. The molecule has 0 bridgehead atoms. The standard InChI is InChI=1S/C13H12ClNO2/c1-16-11-3-5-12(6-4-11)17-13-7-2-10(8-14)9-15-13/h2-7,9H,8H2,1H3. The minimum absolute atomic E-state index is 0.454. The Hall–Kier alpha value is -1.74. The lowest BCUT2D eigenvalue weighted by atomic mass is 10.3. The molecule has 0 N–H and O–H groups in total. The van der Waals surface area contributed by atoms with Crippen LogP contribution in [0.2, 0.25) is 0 Å². The maximum absolute atomic E-state index is 5.68. The fraction of sp³-hybridized carbons (Fsp3) is 0.154. The van der Waals surface area contributed by atoms with E-state index in [0.717, 1.165) is 17.1 Å². The molecule has 0 aliphatic heterocycles. The lowest BCUT2D eigenvalue weighted by Gasteiger charge is -2.05. The van der Waals surface area contributed by atoms with E-state index in [1.807, 2.05) is 30.3 Å². The molecule has 0 aliphatic rings. The highest BCUT2D eigenvalue weighted by atomic mass is 35.5. The van der Waals surface area contributed by atoms with Gasteiger partial charge in [0.1, 0.15) is 11.5 Å². The van der Waals surface area contributed by atoms with Gasteiger partial charge in [0.2, 0.25) is 5.88 Å². The van der Waals surface area contributed by atoms with E-state index in [1.54, 1.807) is 19.4 Å². The molecule has 0 saturated heterocycles. The first-order chi connectivity index (χ1) is 8.31. The van der Waals surface area contributed by atoms with Crippen LogP contribution in [0.3, 0.4) is 0 Å². The van der Waals surface area contributed by atoms with Crippen molar-refractivity contribution in [2.45, 2.75) is 5.88 Å². The first-order valence-electron chi connectivity index (χ1n) is 5.14. The quantitative estimate of drug-likeness (QED) is 0.776. The van der Waals surface area contributed by atoms with Crippen LogP contribution < -0.4 is 9.47 Å². The van der Waals surface area contributed by atoms with E-state index in [4.69, 9.17) is 21.1 Å². The van der Waals surface area contributed by atoms with Crippen LogP contribution in [-0.2, 0) is 5.88 Å². The number of pyridine rings is 1. The van der Waals surface area contributed by atoms with Crippen molar-refractivity contribution in [3.05, 3.63) is 48.2 Å². The molecule has 1 aromatic carbocycles. The van der Waals surface area contributed by atoms with Gasteiger partial charge in [0.05, 0.1) is 7.11 Å². The first kappa shape index (κ1) is 11.7. The van der Waals surface area contributed by atoms with Crippen LogP contribution in [0.1, 0.15) is 5.56 Å². The second kappa shape index (κ2) is 5.55.